The summed E-state index contributed by atoms with van der Waals surface area (Å²) in [5, 5.41) is 10.9. The van der Waals surface area contributed by atoms with Crippen LogP contribution in [0.15, 0.2) is 42.0 Å². The smallest absolute Gasteiger partial charge is 0.410 e. The predicted molar refractivity (Wildman–Crippen MR) is 285 cm³/mol. The van der Waals surface area contributed by atoms with Crippen molar-refractivity contribution in [1.29, 1.82) is 0 Å². The number of oxazole rings is 2. The van der Waals surface area contributed by atoms with Gasteiger partial charge in [-0.05, 0) is 123 Å². The first kappa shape index (κ1) is 55.2. The van der Waals surface area contributed by atoms with Crippen molar-refractivity contribution in [2.75, 3.05) is 76.1 Å². The molecule has 4 aromatic heterocycles. The number of rotatable bonds is 14. The van der Waals surface area contributed by atoms with E-state index in [4.69, 9.17) is 13.6 Å². The number of carbonyl (C=O) groups is 3. The number of amides is 3. The molecule has 16 nitrogen and oxygen atoms in total. The number of likely N-dealkylation sites (tertiary alicyclic amines) is 3. The van der Waals surface area contributed by atoms with Crippen molar-refractivity contribution in [2.24, 2.45) is 23.7 Å². The molecule has 2 unspecified atom stereocenters. The summed E-state index contributed by atoms with van der Waals surface area (Å²) in [5.74, 6) is 5.91. The van der Waals surface area contributed by atoms with Crippen molar-refractivity contribution in [3.05, 3.63) is 48.1 Å². The Bertz CT molecular complexity index is 2310. The number of thiazole rings is 2. The maximum Gasteiger partial charge on any atom is 0.410 e. The van der Waals surface area contributed by atoms with Crippen molar-refractivity contribution >= 4 is 74.4 Å². The summed E-state index contributed by atoms with van der Waals surface area (Å²) in [6.07, 6.45) is 15.3. The Morgan fingerprint density at radius 2 is 1.14 bits per heavy atom. The van der Waals surface area contributed by atoms with Gasteiger partial charge < -0.3 is 44.2 Å². The first-order chi connectivity index (χ1) is 33.7. The molecule has 392 valence electrons. The zero-order chi connectivity index (χ0) is 50.8. The summed E-state index contributed by atoms with van der Waals surface area (Å²) in [7, 11) is 0. The second kappa shape index (κ2) is 25.1. The van der Waals surface area contributed by atoms with Gasteiger partial charge in [0.2, 0.25) is 23.6 Å². The molecule has 4 aliphatic rings. The van der Waals surface area contributed by atoms with E-state index >= 15 is 0 Å². The van der Waals surface area contributed by atoms with Crippen LogP contribution in [0.1, 0.15) is 137 Å². The third-order valence-corrected chi connectivity index (χ3v) is 17.4. The molecule has 0 aromatic carbocycles. The first-order valence-corrected chi connectivity index (χ1v) is 29.2. The molecule has 3 amide bonds. The van der Waals surface area contributed by atoms with Gasteiger partial charge in [0, 0.05) is 48.8 Å². The summed E-state index contributed by atoms with van der Waals surface area (Å²) >= 11 is 6.24. The van der Waals surface area contributed by atoms with Crippen LogP contribution in [0.4, 0.5) is 15.1 Å². The Morgan fingerprint density at radius 3 is 1.58 bits per heavy atom. The van der Waals surface area contributed by atoms with Crippen molar-refractivity contribution in [3.8, 4) is 0 Å². The lowest BCUT2D eigenvalue weighted by atomic mass is 9.93. The molecule has 0 bridgehead atoms. The van der Waals surface area contributed by atoms with Gasteiger partial charge in [-0.15, -0.1) is 23.5 Å². The summed E-state index contributed by atoms with van der Waals surface area (Å²) in [6.45, 7) is 28.1. The highest BCUT2D eigenvalue weighted by Crippen LogP contribution is 2.35. The number of piperidine rings is 4. The lowest BCUT2D eigenvalue weighted by Gasteiger charge is -2.38. The Morgan fingerprint density at radius 1 is 0.662 bits per heavy atom. The Balaban J connectivity index is 0.000000213. The summed E-state index contributed by atoms with van der Waals surface area (Å²) < 4.78 is 19.4. The fourth-order valence-electron chi connectivity index (χ4n) is 9.17. The van der Waals surface area contributed by atoms with E-state index in [2.05, 4.69) is 87.2 Å². The van der Waals surface area contributed by atoms with Crippen molar-refractivity contribution < 1.29 is 28.0 Å². The maximum absolute atomic E-state index is 12.9. The standard InChI is InChI=1S/C28H43N5O4S2.C23H35N5O2S2/c1-27(2,3)21-14-29-22(36-21)18-38-23-15-30-25(39-23)31-24(34)20-9-12-32(13-10-20)16-19-8-7-11-33(17-19)26(35)37-28(4,5)6;1-23(2,3)18-12-25-19(30-18)15-31-20-13-26-22(32-20)27-21(29)17-6-9-28(10-7-17)14-16-5-4-8-24-11-16/h14-15,19-20H,7-13,16-18H2,1-6H3,(H,30,31,34);12-13,16-17,24H,4-11,14-15H2,1-3H3,(H,26,27,29). The van der Waals surface area contributed by atoms with Crippen LogP contribution in [0.3, 0.4) is 0 Å². The number of carbonyl (C=O) groups excluding carboxylic acids is 3. The molecule has 4 aromatic rings. The average Bonchev–Trinajstić information content (AvgIpc) is 4.17. The van der Waals surface area contributed by atoms with Gasteiger partial charge in [-0.25, -0.2) is 24.7 Å². The highest BCUT2D eigenvalue weighted by Gasteiger charge is 2.32. The minimum Gasteiger partial charge on any atom is -0.444 e. The van der Waals surface area contributed by atoms with Crippen molar-refractivity contribution in [1.82, 2.24) is 40.0 Å². The fourth-order valence-corrected chi connectivity index (χ4v) is 12.6. The number of hydrogen-bond donors (Lipinski definition) is 3. The van der Waals surface area contributed by atoms with Gasteiger partial charge in [-0.2, -0.15) is 0 Å². The second-order valence-corrected chi connectivity index (χ2v) is 27.2. The van der Waals surface area contributed by atoms with Crippen LogP contribution < -0.4 is 16.0 Å². The van der Waals surface area contributed by atoms with Gasteiger partial charge in [0.15, 0.2) is 10.3 Å². The van der Waals surface area contributed by atoms with E-state index in [-0.39, 0.29) is 40.6 Å². The van der Waals surface area contributed by atoms with E-state index in [1.165, 1.54) is 35.5 Å². The lowest BCUT2D eigenvalue weighted by Crippen LogP contribution is -2.47. The zero-order valence-corrected chi connectivity index (χ0v) is 46.7. The number of hydrogen-bond acceptors (Lipinski definition) is 17. The molecule has 20 heteroatoms. The van der Waals surface area contributed by atoms with E-state index in [1.807, 2.05) is 38.1 Å². The number of nitrogens with one attached hydrogen (secondary N) is 3. The maximum atomic E-state index is 12.9. The molecule has 8 rings (SSSR count). The summed E-state index contributed by atoms with van der Waals surface area (Å²) in [4.78, 5) is 62.6. The van der Waals surface area contributed by atoms with Gasteiger partial charge in [0.25, 0.3) is 0 Å². The molecule has 71 heavy (non-hydrogen) atoms. The fraction of sp³-hybridized carbons (Fsp3) is 0.706. The predicted octanol–water partition coefficient (Wildman–Crippen LogP) is 10.4. The molecule has 0 aliphatic carbocycles. The molecule has 0 saturated carbocycles. The summed E-state index contributed by atoms with van der Waals surface area (Å²) in [6, 6.07) is 0. The van der Waals surface area contributed by atoms with Gasteiger partial charge in [0.1, 0.15) is 17.1 Å². The van der Waals surface area contributed by atoms with Crippen LogP contribution in [0.25, 0.3) is 0 Å². The van der Waals surface area contributed by atoms with E-state index in [0.717, 1.165) is 136 Å². The Labute approximate surface area is 437 Å². The Kier molecular flexibility index (Phi) is 19.5. The van der Waals surface area contributed by atoms with Crippen LogP contribution in [0, 0.1) is 23.7 Å². The van der Waals surface area contributed by atoms with Crippen LogP contribution >= 0.6 is 46.2 Å². The summed E-state index contributed by atoms with van der Waals surface area (Å²) in [5.41, 5.74) is -0.576. The molecule has 4 fully saturated rings. The van der Waals surface area contributed by atoms with Crippen LogP contribution in [0.2, 0.25) is 0 Å². The quantitative estimate of drug-likeness (QED) is 0.101. The third kappa shape index (κ3) is 17.5. The molecule has 8 heterocycles. The largest absolute Gasteiger partial charge is 0.444 e. The van der Waals surface area contributed by atoms with Crippen LogP contribution in [0.5, 0.6) is 0 Å². The van der Waals surface area contributed by atoms with Crippen LogP contribution in [-0.2, 0) is 36.7 Å². The van der Waals surface area contributed by atoms with Crippen molar-refractivity contribution in [3.63, 3.8) is 0 Å². The first-order valence-electron chi connectivity index (χ1n) is 25.5. The average molecular weight is 1060 g/mol. The third-order valence-electron chi connectivity index (χ3n) is 13.2. The van der Waals surface area contributed by atoms with Gasteiger partial charge in [0.05, 0.1) is 44.7 Å². The highest BCUT2D eigenvalue weighted by atomic mass is 32.2. The van der Waals surface area contributed by atoms with E-state index in [1.54, 1.807) is 35.9 Å². The number of ether oxygens (including phenoxy) is 1. The highest BCUT2D eigenvalue weighted by molar-refractivity contribution is 8.00. The Hall–Kier alpha value is -3.53. The molecule has 2 atom stereocenters. The van der Waals surface area contributed by atoms with Gasteiger partial charge >= 0.3 is 6.09 Å². The van der Waals surface area contributed by atoms with E-state index in [9.17, 15) is 14.4 Å². The molecular formula is C51H78N10O6S4. The molecule has 4 aliphatic heterocycles. The number of anilines is 2. The number of thioether (sulfide) groups is 2. The number of aromatic nitrogens is 4. The molecular weight excluding hydrogens is 977 g/mol. The van der Waals surface area contributed by atoms with E-state index < -0.39 is 5.60 Å². The minimum atomic E-state index is -0.473. The zero-order valence-electron chi connectivity index (χ0n) is 43.5. The SMILES string of the molecule is CC(C)(C)OC(=O)N1CCCC(CN2CCC(C(=O)Nc3ncc(SCc4ncc(C(C)(C)C)o4)s3)CC2)C1.CC(C)(C)c1cnc(CSc2cnc(NC(=O)C3CCN(CC4CCCNC4)CC3)s2)o1. The molecule has 3 N–H and O–H groups in total. The molecule has 0 spiro atoms. The minimum absolute atomic E-state index is 0.00555. The van der Waals surface area contributed by atoms with Crippen LogP contribution in [-0.4, -0.2) is 124 Å². The van der Waals surface area contributed by atoms with Crippen molar-refractivity contribution in [2.45, 2.75) is 150 Å². The number of nitrogens with zero attached hydrogens (tertiary/aromatic N) is 7. The molecule has 4 saturated heterocycles. The second-order valence-electron chi connectivity index (χ2n) is 22.6. The monoisotopic (exact) mass is 1050 g/mol. The lowest BCUT2D eigenvalue weighted by molar-refractivity contribution is -0.122. The molecule has 0 radical (unpaired) electrons. The van der Waals surface area contributed by atoms with Gasteiger partial charge in [-0.3, -0.25) is 9.59 Å². The normalized spacial score (nSPS) is 20.3. The topological polar surface area (TPSA) is 184 Å². The van der Waals surface area contributed by atoms with Gasteiger partial charge in [-0.1, -0.05) is 64.2 Å². The van der Waals surface area contributed by atoms with E-state index in [0.29, 0.717) is 33.6 Å².